The lowest BCUT2D eigenvalue weighted by molar-refractivity contribution is 0.200. The molecule has 0 atom stereocenters. The summed E-state index contributed by atoms with van der Waals surface area (Å²) in [5, 5.41) is 5.68. The number of hydrogen-bond donors (Lipinski definition) is 1. The van der Waals surface area contributed by atoms with E-state index in [1.807, 2.05) is 35.7 Å². The van der Waals surface area contributed by atoms with Gasteiger partial charge in [0, 0.05) is 36.3 Å². The minimum atomic E-state index is -0.458. The molecule has 0 fully saturated rings. The molecule has 0 bridgehead atoms. The number of aromatic nitrogens is 2. The second-order valence-electron chi connectivity index (χ2n) is 4.75. The summed E-state index contributed by atoms with van der Waals surface area (Å²) in [6, 6.07) is 12.8. The Morgan fingerprint density at radius 3 is 2.83 bits per heavy atom. The molecule has 2 heterocycles. The van der Waals surface area contributed by atoms with Crippen LogP contribution in [0.4, 0.5) is 4.79 Å². The van der Waals surface area contributed by atoms with E-state index in [1.165, 1.54) is 0 Å². The molecule has 0 aliphatic heterocycles. The first-order chi connectivity index (χ1) is 11.3. The van der Waals surface area contributed by atoms with Crippen LogP contribution in [-0.4, -0.2) is 22.6 Å². The maximum Gasteiger partial charge on any atom is 0.412 e. The molecule has 0 spiro atoms. The lowest BCUT2D eigenvalue weighted by atomic mass is 10.2. The van der Waals surface area contributed by atoms with Gasteiger partial charge in [-0.3, -0.25) is 4.98 Å². The molecule has 1 aromatic carbocycles. The fourth-order valence-electron chi connectivity index (χ4n) is 1.98. The molecule has 2 aromatic heterocycles. The number of ether oxygens (including phenoxy) is 1. The summed E-state index contributed by atoms with van der Waals surface area (Å²) in [5.74, 6) is 0.526. The minimum Gasteiger partial charge on any atom is -0.410 e. The second kappa shape index (κ2) is 7.51. The zero-order chi connectivity index (χ0) is 15.9. The summed E-state index contributed by atoms with van der Waals surface area (Å²) in [4.78, 5) is 20.3. The van der Waals surface area contributed by atoms with Gasteiger partial charge in [0.15, 0.2) is 0 Å². The monoisotopic (exact) mass is 325 g/mol. The molecule has 23 heavy (non-hydrogen) atoms. The number of carbonyl (C=O) groups excluding carboxylic acids is 1. The van der Waals surface area contributed by atoms with Crippen molar-refractivity contribution in [2.75, 3.05) is 6.54 Å². The van der Waals surface area contributed by atoms with Crippen molar-refractivity contribution in [2.45, 2.75) is 6.42 Å². The lowest BCUT2D eigenvalue weighted by Crippen LogP contribution is -2.28. The molecule has 6 heteroatoms. The number of benzene rings is 1. The van der Waals surface area contributed by atoms with Gasteiger partial charge >= 0.3 is 6.09 Å². The van der Waals surface area contributed by atoms with Crippen molar-refractivity contribution in [1.29, 1.82) is 0 Å². The van der Waals surface area contributed by atoms with Crippen molar-refractivity contribution >= 4 is 17.4 Å². The van der Waals surface area contributed by atoms with E-state index >= 15 is 0 Å². The van der Waals surface area contributed by atoms with E-state index < -0.39 is 6.09 Å². The highest BCUT2D eigenvalue weighted by atomic mass is 32.1. The third kappa shape index (κ3) is 4.37. The second-order valence-corrected chi connectivity index (χ2v) is 5.69. The van der Waals surface area contributed by atoms with Gasteiger partial charge in [0.25, 0.3) is 0 Å². The number of nitrogens with zero attached hydrogens (tertiary/aromatic N) is 2. The summed E-state index contributed by atoms with van der Waals surface area (Å²) in [6.45, 7) is 0.478. The molecule has 3 aromatic rings. The predicted octanol–water partition coefficient (Wildman–Crippen LogP) is 3.54. The Morgan fingerprint density at radius 1 is 1.17 bits per heavy atom. The maximum atomic E-state index is 11.7. The minimum absolute atomic E-state index is 0.458. The quantitative estimate of drug-likeness (QED) is 0.779. The highest BCUT2D eigenvalue weighted by Crippen LogP contribution is 2.20. The average Bonchev–Trinajstić information content (AvgIpc) is 3.05. The number of hydrogen-bond acceptors (Lipinski definition) is 5. The molecule has 1 amide bonds. The van der Waals surface area contributed by atoms with Crippen LogP contribution in [0.15, 0.2) is 60.2 Å². The molecule has 0 aliphatic carbocycles. The summed E-state index contributed by atoms with van der Waals surface area (Å²) >= 11 is 1.57. The molecule has 0 radical (unpaired) electrons. The third-order valence-corrected chi connectivity index (χ3v) is 3.98. The van der Waals surface area contributed by atoms with Crippen LogP contribution < -0.4 is 10.1 Å². The average molecular weight is 325 g/mol. The predicted molar refractivity (Wildman–Crippen MR) is 89.5 cm³/mol. The smallest absolute Gasteiger partial charge is 0.410 e. The topological polar surface area (TPSA) is 64.1 Å². The van der Waals surface area contributed by atoms with Crippen molar-refractivity contribution in [3.8, 4) is 17.0 Å². The highest BCUT2D eigenvalue weighted by Gasteiger charge is 2.06. The van der Waals surface area contributed by atoms with E-state index in [0.717, 1.165) is 16.3 Å². The Hall–Kier alpha value is -2.73. The van der Waals surface area contributed by atoms with Crippen LogP contribution in [0.1, 0.15) is 5.01 Å². The zero-order valence-corrected chi connectivity index (χ0v) is 13.1. The van der Waals surface area contributed by atoms with Gasteiger partial charge in [-0.15, -0.1) is 11.3 Å². The van der Waals surface area contributed by atoms with E-state index in [2.05, 4.69) is 15.3 Å². The molecule has 5 nitrogen and oxygen atoms in total. The summed E-state index contributed by atoms with van der Waals surface area (Å²) < 4.78 is 5.15. The lowest BCUT2D eigenvalue weighted by Gasteiger charge is -2.05. The number of rotatable bonds is 5. The SMILES string of the molecule is O=C(NCCc1nc(-c2cccnc2)cs1)Oc1ccccc1. The number of nitrogens with one attached hydrogen (secondary N) is 1. The van der Waals surface area contributed by atoms with Crippen molar-refractivity contribution in [3.63, 3.8) is 0 Å². The van der Waals surface area contributed by atoms with Gasteiger partial charge in [-0.05, 0) is 24.3 Å². The van der Waals surface area contributed by atoms with Crippen LogP contribution >= 0.6 is 11.3 Å². The molecule has 3 rings (SSSR count). The van der Waals surface area contributed by atoms with Crippen molar-refractivity contribution in [3.05, 3.63) is 65.2 Å². The number of amides is 1. The van der Waals surface area contributed by atoms with E-state index in [9.17, 15) is 4.79 Å². The number of carbonyl (C=O) groups is 1. The van der Waals surface area contributed by atoms with Gasteiger partial charge in [-0.1, -0.05) is 18.2 Å². The zero-order valence-electron chi connectivity index (χ0n) is 12.3. The normalized spacial score (nSPS) is 10.3. The van der Waals surface area contributed by atoms with E-state index in [-0.39, 0.29) is 0 Å². The molecule has 0 saturated heterocycles. The van der Waals surface area contributed by atoms with Gasteiger partial charge in [0.2, 0.25) is 0 Å². The first-order valence-corrected chi connectivity index (χ1v) is 8.05. The summed E-state index contributed by atoms with van der Waals surface area (Å²) in [5.41, 5.74) is 1.90. The summed E-state index contributed by atoms with van der Waals surface area (Å²) in [6.07, 6.45) is 3.72. The molecule has 1 N–H and O–H groups in total. The number of para-hydroxylation sites is 1. The molecular weight excluding hydrogens is 310 g/mol. The van der Waals surface area contributed by atoms with E-state index in [0.29, 0.717) is 18.7 Å². The molecule has 116 valence electrons. The molecule has 0 saturated carbocycles. The fraction of sp³-hybridized carbons (Fsp3) is 0.118. The van der Waals surface area contributed by atoms with E-state index in [4.69, 9.17) is 4.74 Å². The number of pyridine rings is 1. The summed E-state index contributed by atoms with van der Waals surface area (Å²) in [7, 11) is 0. The van der Waals surface area contributed by atoms with E-state index in [1.54, 1.807) is 35.9 Å². The van der Waals surface area contributed by atoms with Gasteiger partial charge in [0.05, 0.1) is 10.7 Å². The Kier molecular flexibility index (Phi) is 4.95. The van der Waals surface area contributed by atoms with Gasteiger partial charge in [0.1, 0.15) is 5.75 Å². The molecular formula is C17H15N3O2S. The highest BCUT2D eigenvalue weighted by molar-refractivity contribution is 7.09. The van der Waals surface area contributed by atoms with Crippen LogP contribution in [0.3, 0.4) is 0 Å². The maximum absolute atomic E-state index is 11.7. The van der Waals surface area contributed by atoms with Crippen LogP contribution in [0.5, 0.6) is 5.75 Å². The Labute approximate surface area is 138 Å². The first-order valence-electron chi connectivity index (χ1n) is 7.17. The Bertz CT molecular complexity index is 760. The number of thiazole rings is 1. The molecule has 0 aliphatic rings. The Balaban J connectivity index is 1.48. The first kappa shape index (κ1) is 15.2. The molecule has 0 unspecified atom stereocenters. The van der Waals surface area contributed by atoms with Crippen LogP contribution in [0.2, 0.25) is 0 Å². The van der Waals surface area contributed by atoms with Crippen molar-refractivity contribution in [2.24, 2.45) is 0 Å². The van der Waals surface area contributed by atoms with Crippen molar-refractivity contribution < 1.29 is 9.53 Å². The van der Waals surface area contributed by atoms with Gasteiger partial charge < -0.3 is 10.1 Å². The standard InChI is InChI=1S/C17H15N3O2S/c21-17(22-14-6-2-1-3-7-14)19-10-8-16-20-15(12-23-16)13-5-4-9-18-11-13/h1-7,9,11-12H,8,10H2,(H,19,21). The van der Waals surface area contributed by atoms with Gasteiger partial charge in [-0.25, -0.2) is 9.78 Å². The fourth-order valence-corrected chi connectivity index (χ4v) is 2.78. The Morgan fingerprint density at radius 2 is 2.04 bits per heavy atom. The van der Waals surface area contributed by atoms with Crippen LogP contribution in [0.25, 0.3) is 11.3 Å². The largest absolute Gasteiger partial charge is 0.412 e. The third-order valence-electron chi connectivity index (χ3n) is 3.07. The van der Waals surface area contributed by atoms with Crippen molar-refractivity contribution in [1.82, 2.24) is 15.3 Å². The van der Waals surface area contributed by atoms with Gasteiger partial charge in [-0.2, -0.15) is 0 Å². The van der Waals surface area contributed by atoms with Crippen LogP contribution in [-0.2, 0) is 6.42 Å². The van der Waals surface area contributed by atoms with Crippen LogP contribution in [0, 0.1) is 0 Å².